The number of hydrogen-bond acceptors (Lipinski definition) is 2. The topological polar surface area (TPSA) is 41.1 Å². The van der Waals surface area contributed by atoms with Crippen LogP contribution in [-0.4, -0.2) is 5.91 Å². The summed E-state index contributed by atoms with van der Waals surface area (Å²) in [6.07, 6.45) is 5.54. The summed E-state index contributed by atoms with van der Waals surface area (Å²) in [5.41, 5.74) is 3.88. The van der Waals surface area contributed by atoms with Gasteiger partial charge in [0.1, 0.15) is 0 Å². The van der Waals surface area contributed by atoms with Crippen molar-refractivity contribution in [3.63, 3.8) is 0 Å². The number of benzene rings is 1. The number of carbonyl (C=O) groups is 1. The highest BCUT2D eigenvalue weighted by Gasteiger charge is 2.41. The third kappa shape index (κ3) is 4.07. The van der Waals surface area contributed by atoms with E-state index in [2.05, 4.69) is 42.7 Å². The number of halogens is 1. The quantitative estimate of drug-likeness (QED) is 0.855. The molecule has 3 rings (SSSR count). The lowest BCUT2D eigenvalue weighted by Crippen LogP contribution is -2.39. The molecule has 0 atom stereocenters. The maximum absolute atomic E-state index is 12.8. The van der Waals surface area contributed by atoms with Gasteiger partial charge in [-0.1, -0.05) is 44.9 Å². The molecule has 1 fully saturated rings. The first-order chi connectivity index (χ1) is 10.6. The second-order valence-electron chi connectivity index (χ2n) is 7.47. The van der Waals surface area contributed by atoms with Crippen molar-refractivity contribution in [3.05, 3.63) is 34.9 Å². The van der Waals surface area contributed by atoms with E-state index in [1.807, 2.05) is 0 Å². The monoisotopic (exact) mass is 336 g/mol. The largest absolute Gasteiger partial charge is 0.352 e. The minimum atomic E-state index is -0.105. The Morgan fingerprint density at radius 2 is 1.91 bits per heavy atom. The van der Waals surface area contributed by atoms with Crippen molar-refractivity contribution in [1.29, 1.82) is 0 Å². The first-order valence-electron chi connectivity index (χ1n) is 8.69. The van der Waals surface area contributed by atoms with Gasteiger partial charge >= 0.3 is 0 Å². The smallest absolute Gasteiger partial charge is 0.226 e. The molecule has 0 aromatic heterocycles. The summed E-state index contributed by atoms with van der Waals surface area (Å²) in [4.78, 5) is 12.8. The lowest BCUT2D eigenvalue weighted by atomic mass is 9.77. The van der Waals surface area contributed by atoms with Crippen LogP contribution in [0.25, 0.3) is 0 Å². The van der Waals surface area contributed by atoms with Crippen LogP contribution in [0, 0.1) is 11.3 Å². The average Bonchev–Trinajstić information content (AvgIpc) is 3.13. The molecule has 1 aromatic carbocycles. The molecular weight excluding hydrogens is 308 g/mol. The fourth-order valence-corrected chi connectivity index (χ4v) is 4.19. The predicted molar refractivity (Wildman–Crippen MR) is 96.4 cm³/mol. The number of rotatable bonds is 5. The van der Waals surface area contributed by atoms with Crippen LogP contribution in [0.5, 0.6) is 0 Å². The molecule has 2 aliphatic rings. The lowest BCUT2D eigenvalue weighted by molar-refractivity contribution is -0.132. The highest BCUT2D eigenvalue weighted by Crippen LogP contribution is 2.43. The summed E-state index contributed by atoms with van der Waals surface area (Å²) in [5.74, 6) is 0.854. The summed E-state index contributed by atoms with van der Waals surface area (Å²) >= 11 is 0. The maximum atomic E-state index is 12.8. The molecule has 0 saturated heterocycles. The molecule has 0 spiro atoms. The van der Waals surface area contributed by atoms with E-state index < -0.39 is 0 Å². The van der Waals surface area contributed by atoms with E-state index >= 15 is 0 Å². The summed E-state index contributed by atoms with van der Waals surface area (Å²) < 4.78 is 0. The van der Waals surface area contributed by atoms with Crippen molar-refractivity contribution in [1.82, 2.24) is 10.6 Å². The highest BCUT2D eigenvalue weighted by molar-refractivity contribution is 5.85. The molecule has 2 N–H and O–H groups in total. The zero-order valence-corrected chi connectivity index (χ0v) is 15.1. The number of fused-ring (bicyclic) bond motifs is 1. The van der Waals surface area contributed by atoms with Gasteiger partial charge in [0.2, 0.25) is 5.91 Å². The van der Waals surface area contributed by atoms with E-state index in [1.54, 1.807) is 0 Å². The normalized spacial score (nSPS) is 18.6. The summed E-state index contributed by atoms with van der Waals surface area (Å²) in [7, 11) is 0. The van der Waals surface area contributed by atoms with E-state index in [0.29, 0.717) is 12.5 Å². The van der Waals surface area contributed by atoms with E-state index in [-0.39, 0.29) is 23.7 Å². The Morgan fingerprint density at radius 3 is 2.61 bits per heavy atom. The van der Waals surface area contributed by atoms with E-state index in [9.17, 15) is 4.79 Å². The molecule has 0 bridgehead atoms. The van der Waals surface area contributed by atoms with Crippen molar-refractivity contribution in [3.8, 4) is 0 Å². The first-order valence-corrected chi connectivity index (χ1v) is 8.69. The molecule has 1 aromatic rings. The van der Waals surface area contributed by atoms with Crippen molar-refractivity contribution < 1.29 is 4.79 Å². The van der Waals surface area contributed by atoms with Crippen LogP contribution in [0.2, 0.25) is 0 Å². The molecule has 0 unspecified atom stereocenters. The van der Waals surface area contributed by atoms with Crippen LogP contribution >= 0.6 is 12.4 Å². The van der Waals surface area contributed by atoms with Crippen molar-refractivity contribution in [2.75, 3.05) is 0 Å². The molecule has 1 amide bonds. The lowest BCUT2D eigenvalue weighted by Gasteiger charge is -2.29. The van der Waals surface area contributed by atoms with E-state index in [4.69, 9.17) is 0 Å². The standard InChI is InChI=1S/C19H28N2O.ClH/c1-14(2)10-19(7-3-4-8-19)18(22)21-11-15-5-6-16-12-20-13-17(16)9-15;/h5-6,9,14,20H,3-4,7-8,10-13H2,1-2H3,(H,21,22);1H. The van der Waals surface area contributed by atoms with Crippen LogP contribution in [0.3, 0.4) is 0 Å². The minimum Gasteiger partial charge on any atom is -0.352 e. The van der Waals surface area contributed by atoms with Crippen molar-refractivity contribution in [2.45, 2.75) is 65.6 Å². The third-order valence-corrected chi connectivity index (χ3v) is 5.20. The Hall–Kier alpha value is -1.06. The fraction of sp³-hybridized carbons (Fsp3) is 0.632. The van der Waals surface area contributed by atoms with Gasteiger partial charge in [0.05, 0.1) is 0 Å². The summed E-state index contributed by atoms with van der Waals surface area (Å²) in [5, 5.41) is 6.58. The molecular formula is C19H29ClN2O. The molecule has 128 valence electrons. The Labute approximate surface area is 146 Å². The molecule has 1 saturated carbocycles. The third-order valence-electron chi connectivity index (χ3n) is 5.20. The molecule has 23 heavy (non-hydrogen) atoms. The van der Waals surface area contributed by atoms with E-state index in [0.717, 1.165) is 32.4 Å². The van der Waals surface area contributed by atoms with Crippen LogP contribution in [0.1, 0.15) is 62.6 Å². The van der Waals surface area contributed by atoms with Crippen molar-refractivity contribution >= 4 is 18.3 Å². The van der Waals surface area contributed by atoms with Crippen LogP contribution in [0.15, 0.2) is 18.2 Å². The van der Waals surface area contributed by atoms with Gasteiger partial charge in [-0.25, -0.2) is 0 Å². The van der Waals surface area contributed by atoms with Gasteiger partial charge in [-0.15, -0.1) is 12.4 Å². The SMILES string of the molecule is CC(C)CC1(C(=O)NCc2ccc3c(c2)CNC3)CCCC1.Cl. The van der Waals surface area contributed by atoms with Gasteiger partial charge in [-0.2, -0.15) is 0 Å². The van der Waals surface area contributed by atoms with Crippen LogP contribution in [0.4, 0.5) is 0 Å². The fourth-order valence-electron chi connectivity index (χ4n) is 4.19. The molecule has 1 aliphatic heterocycles. The van der Waals surface area contributed by atoms with Crippen LogP contribution < -0.4 is 10.6 Å². The molecule has 1 aliphatic carbocycles. The second kappa shape index (κ2) is 7.67. The molecule has 1 heterocycles. The predicted octanol–water partition coefficient (Wildman–Crippen LogP) is 3.93. The highest BCUT2D eigenvalue weighted by atomic mass is 35.5. The Bertz CT molecular complexity index is 550. The Morgan fingerprint density at radius 1 is 1.22 bits per heavy atom. The van der Waals surface area contributed by atoms with Gasteiger partial charge < -0.3 is 10.6 Å². The number of amides is 1. The Balaban J connectivity index is 0.00000192. The number of hydrogen-bond donors (Lipinski definition) is 2. The first kappa shape index (κ1) is 18.3. The number of nitrogens with one attached hydrogen (secondary N) is 2. The maximum Gasteiger partial charge on any atom is 0.226 e. The summed E-state index contributed by atoms with van der Waals surface area (Å²) in [6.45, 7) is 7.03. The van der Waals surface area contributed by atoms with E-state index in [1.165, 1.54) is 29.5 Å². The second-order valence-corrected chi connectivity index (χ2v) is 7.47. The average molecular weight is 337 g/mol. The van der Waals surface area contributed by atoms with Gasteiger partial charge in [-0.3, -0.25) is 4.79 Å². The van der Waals surface area contributed by atoms with Gasteiger partial charge in [0.25, 0.3) is 0 Å². The molecule has 3 nitrogen and oxygen atoms in total. The molecule has 4 heteroatoms. The number of carbonyl (C=O) groups excluding carboxylic acids is 1. The zero-order chi connectivity index (χ0) is 15.6. The zero-order valence-electron chi connectivity index (χ0n) is 14.3. The Kier molecular flexibility index (Phi) is 6.10. The van der Waals surface area contributed by atoms with Gasteiger partial charge in [0, 0.05) is 25.0 Å². The van der Waals surface area contributed by atoms with Crippen molar-refractivity contribution in [2.24, 2.45) is 11.3 Å². The summed E-state index contributed by atoms with van der Waals surface area (Å²) in [6, 6.07) is 6.57. The van der Waals surface area contributed by atoms with Gasteiger partial charge in [0.15, 0.2) is 0 Å². The van der Waals surface area contributed by atoms with Gasteiger partial charge in [-0.05, 0) is 41.9 Å². The minimum absolute atomic E-state index is 0. The van der Waals surface area contributed by atoms with Crippen LogP contribution in [-0.2, 0) is 24.4 Å². The molecule has 0 radical (unpaired) electrons.